The number of anilines is 2. The van der Waals surface area contributed by atoms with Gasteiger partial charge in [0.2, 0.25) is 0 Å². The van der Waals surface area contributed by atoms with E-state index in [0.717, 1.165) is 50.0 Å². The van der Waals surface area contributed by atoms with Crippen molar-refractivity contribution in [2.75, 3.05) is 10.6 Å². The molecule has 0 radical (unpaired) electrons. The van der Waals surface area contributed by atoms with Crippen molar-refractivity contribution in [3.8, 4) is 11.5 Å². The van der Waals surface area contributed by atoms with Gasteiger partial charge in [0, 0.05) is 10.0 Å². The quantitative estimate of drug-likeness (QED) is 0.136. The summed E-state index contributed by atoms with van der Waals surface area (Å²) >= 11 is 15.0. The molecular weight excluding hydrogens is 687 g/mol. The first-order valence-corrected chi connectivity index (χ1v) is 17.3. The second kappa shape index (κ2) is 14.5. The van der Waals surface area contributed by atoms with E-state index in [4.69, 9.17) is 23.2 Å². The largest absolute Gasteiger partial charge is 0.507 e. The number of halogens is 2. The van der Waals surface area contributed by atoms with Gasteiger partial charge < -0.3 is 10.2 Å². The van der Waals surface area contributed by atoms with E-state index in [1.807, 2.05) is 57.2 Å². The molecule has 7 rings (SSSR count). The molecule has 8 nitrogen and oxygen atoms in total. The van der Waals surface area contributed by atoms with E-state index in [2.05, 4.69) is 20.6 Å². The molecule has 1 aliphatic carbocycles. The maximum absolute atomic E-state index is 12.6. The van der Waals surface area contributed by atoms with Gasteiger partial charge >= 0.3 is 0 Å². The Bertz CT molecular complexity index is 2180. The van der Waals surface area contributed by atoms with Crippen LogP contribution in [0.3, 0.4) is 0 Å². The molecule has 1 aliphatic rings. The third kappa shape index (κ3) is 7.73. The first-order chi connectivity index (χ1) is 22.5. The van der Waals surface area contributed by atoms with Crippen LogP contribution in [-0.4, -0.2) is 32.0 Å². The molecule has 0 unspecified atom stereocenters. The average molecular weight is 722 g/mol. The molecule has 0 aliphatic heterocycles. The van der Waals surface area contributed by atoms with E-state index >= 15 is 0 Å². The van der Waals surface area contributed by atoms with Crippen molar-refractivity contribution in [2.45, 2.75) is 53.4 Å². The molecule has 248 valence electrons. The summed E-state index contributed by atoms with van der Waals surface area (Å²) in [5, 5.41) is 28.0. The van der Waals surface area contributed by atoms with Crippen molar-refractivity contribution in [1.29, 1.82) is 0 Å². The van der Waals surface area contributed by atoms with Crippen molar-refractivity contribution < 1.29 is 19.8 Å². The van der Waals surface area contributed by atoms with Gasteiger partial charge in [-0.3, -0.25) is 20.2 Å². The zero-order valence-corrected chi connectivity index (χ0v) is 28.8. The number of hydrogen-bond donors (Lipinski definition) is 4. The Balaban J connectivity index is 0.000000184. The summed E-state index contributed by atoms with van der Waals surface area (Å²) in [5.74, 6) is -0.522. The number of thiazole rings is 2. The van der Waals surface area contributed by atoms with Crippen LogP contribution in [0, 0.1) is 13.8 Å². The van der Waals surface area contributed by atoms with Crippen molar-refractivity contribution >= 4 is 88.4 Å². The maximum atomic E-state index is 12.6. The highest BCUT2D eigenvalue weighted by molar-refractivity contribution is 7.22. The van der Waals surface area contributed by atoms with Crippen LogP contribution >= 0.6 is 45.9 Å². The monoisotopic (exact) mass is 720 g/mol. The zero-order valence-electron chi connectivity index (χ0n) is 25.6. The minimum absolute atomic E-state index is 0. The van der Waals surface area contributed by atoms with Crippen LogP contribution in [0.25, 0.3) is 20.4 Å². The van der Waals surface area contributed by atoms with Gasteiger partial charge in [0.15, 0.2) is 10.3 Å². The van der Waals surface area contributed by atoms with E-state index in [0.29, 0.717) is 38.2 Å². The van der Waals surface area contributed by atoms with Crippen molar-refractivity contribution in [3.63, 3.8) is 0 Å². The summed E-state index contributed by atoms with van der Waals surface area (Å²) in [6.07, 6.45) is 2.63. The van der Waals surface area contributed by atoms with E-state index in [9.17, 15) is 19.8 Å². The molecule has 0 bridgehead atoms. The Morgan fingerprint density at radius 1 is 0.771 bits per heavy atom. The number of carbonyl (C=O) groups is 2. The Kier molecular flexibility index (Phi) is 10.6. The van der Waals surface area contributed by atoms with Crippen LogP contribution in [0.2, 0.25) is 10.0 Å². The molecule has 48 heavy (non-hydrogen) atoms. The molecule has 4 N–H and O–H groups in total. The van der Waals surface area contributed by atoms with Gasteiger partial charge in [0.25, 0.3) is 11.8 Å². The maximum Gasteiger partial charge on any atom is 0.261 e. The van der Waals surface area contributed by atoms with Crippen LogP contribution in [-0.2, 0) is 6.42 Å². The SMILES string of the molecule is C.CCc1cc(Cl)cc(C(=O)Nc2nc3ccc(C)cc3s2)c1O.Cc1ccc2nc(NC(=O)c3cc(Cl)cc(C4CC4)c3O)sc2c1. The summed E-state index contributed by atoms with van der Waals surface area (Å²) in [6, 6.07) is 18.2. The lowest BCUT2D eigenvalue weighted by atomic mass is 10.0. The minimum Gasteiger partial charge on any atom is -0.507 e. The molecule has 2 heterocycles. The van der Waals surface area contributed by atoms with Gasteiger partial charge in [-0.25, -0.2) is 9.97 Å². The van der Waals surface area contributed by atoms with E-state index in [1.54, 1.807) is 12.1 Å². The van der Waals surface area contributed by atoms with Gasteiger partial charge in [-0.1, -0.05) is 72.4 Å². The number of hydrogen-bond acceptors (Lipinski definition) is 8. The molecule has 4 aromatic carbocycles. The first kappa shape index (κ1) is 35.1. The average Bonchev–Trinajstić information content (AvgIpc) is 3.69. The standard InChI is InChI=1S/C18H15ClN2O2S.C17H15ClN2O2S.CH4/c1-9-2-5-14-15(6-9)24-18(20-14)21-17(23)13-8-11(19)7-12(16(13)22)10-3-4-10;1-3-10-7-11(18)8-12(15(10)21)16(22)20-17-19-13-5-4-9(2)6-14(13)23-17;/h2,5-8,10,22H,3-4H2,1H3,(H,20,21,23);4-8,21H,3H2,1-2H3,(H,19,20,22);1H4. The molecule has 0 saturated heterocycles. The van der Waals surface area contributed by atoms with Gasteiger partial charge in [-0.05, 0) is 110 Å². The lowest BCUT2D eigenvalue weighted by molar-refractivity contribution is 0.101. The normalized spacial score (nSPS) is 12.3. The van der Waals surface area contributed by atoms with E-state index in [-0.39, 0.29) is 30.1 Å². The van der Waals surface area contributed by atoms with Crippen molar-refractivity contribution in [3.05, 3.63) is 104 Å². The van der Waals surface area contributed by atoms with Gasteiger partial charge in [0.05, 0.1) is 31.6 Å². The number of phenolic OH excluding ortho intramolecular Hbond substituents is 2. The number of aryl methyl sites for hydroxylation is 3. The second-order valence-corrected chi connectivity index (χ2v) is 14.3. The third-order valence-electron chi connectivity index (χ3n) is 7.67. The second-order valence-electron chi connectivity index (χ2n) is 11.4. The number of nitrogens with zero attached hydrogens (tertiary/aromatic N) is 2. The summed E-state index contributed by atoms with van der Waals surface area (Å²) in [6.45, 7) is 5.91. The van der Waals surface area contributed by atoms with Crippen LogP contribution in [0.4, 0.5) is 10.3 Å². The predicted octanol–water partition coefficient (Wildman–Crippen LogP) is 10.5. The Hall–Kier alpha value is -4.22. The zero-order chi connectivity index (χ0) is 33.4. The Morgan fingerprint density at radius 3 is 1.73 bits per heavy atom. The molecule has 6 aromatic rings. The molecule has 1 fully saturated rings. The number of fused-ring (bicyclic) bond motifs is 2. The number of benzene rings is 4. The fraction of sp³-hybridized carbons (Fsp3) is 0.222. The third-order valence-corrected chi connectivity index (χ3v) is 9.98. The lowest BCUT2D eigenvalue weighted by Crippen LogP contribution is -2.12. The van der Waals surface area contributed by atoms with Crippen LogP contribution in [0.1, 0.15) is 76.1 Å². The minimum atomic E-state index is -0.421. The van der Waals surface area contributed by atoms with Gasteiger partial charge in [-0.2, -0.15) is 0 Å². The highest BCUT2D eigenvalue weighted by Crippen LogP contribution is 2.46. The Labute approximate surface area is 296 Å². The summed E-state index contributed by atoms with van der Waals surface area (Å²) in [4.78, 5) is 33.8. The molecule has 2 amide bonds. The number of aromatic hydroxyl groups is 2. The van der Waals surface area contributed by atoms with Crippen LogP contribution in [0.15, 0.2) is 60.7 Å². The van der Waals surface area contributed by atoms with Crippen molar-refractivity contribution in [2.24, 2.45) is 0 Å². The van der Waals surface area contributed by atoms with E-state index < -0.39 is 11.8 Å². The molecule has 0 spiro atoms. The number of phenols is 2. The predicted molar refractivity (Wildman–Crippen MR) is 199 cm³/mol. The molecule has 1 saturated carbocycles. The smallest absolute Gasteiger partial charge is 0.261 e. The van der Waals surface area contributed by atoms with Crippen LogP contribution in [0.5, 0.6) is 11.5 Å². The summed E-state index contributed by atoms with van der Waals surface area (Å²) in [5.41, 5.74) is 5.71. The van der Waals surface area contributed by atoms with Gasteiger partial charge in [0.1, 0.15) is 11.5 Å². The molecular formula is C36H34Cl2N4O4S2. The summed E-state index contributed by atoms with van der Waals surface area (Å²) < 4.78 is 2.02. The Morgan fingerprint density at radius 2 is 1.25 bits per heavy atom. The highest BCUT2D eigenvalue weighted by atomic mass is 35.5. The van der Waals surface area contributed by atoms with Crippen LogP contribution < -0.4 is 10.6 Å². The lowest BCUT2D eigenvalue weighted by Gasteiger charge is -2.09. The number of amides is 2. The first-order valence-electron chi connectivity index (χ1n) is 14.9. The van der Waals surface area contributed by atoms with Crippen molar-refractivity contribution in [1.82, 2.24) is 9.97 Å². The fourth-order valence-corrected chi connectivity index (χ4v) is 7.48. The fourth-order valence-electron chi connectivity index (χ4n) is 5.10. The summed E-state index contributed by atoms with van der Waals surface area (Å²) in [7, 11) is 0. The number of carbonyl (C=O) groups excluding carboxylic acids is 2. The molecule has 12 heteroatoms. The number of rotatable bonds is 6. The highest BCUT2D eigenvalue weighted by Gasteiger charge is 2.29. The van der Waals surface area contributed by atoms with E-state index in [1.165, 1.54) is 34.8 Å². The van der Waals surface area contributed by atoms with Gasteiger partial charge in [-0.15, -0.1) is 0 Å². The molecule has 0 atom stereocenters. The molecule has 2 aromatic heterocycles. The topological polar surface area (TPSA) is 124 Å². The number of aromatic nitrogens is 2. The number of nitrogens with one attached hydrogen (secondary N) is 2.